The first-order valence-electron chi connectivity index (χ1n) is 11.2. The molecule has 0 spiro atoms. The monoisotopic (exact) mass is 452 g/mol. The Bertz CT molecular complexity index is 1200. The molecule has 7 nitrogen and oxygen atoms in total. The number of hydrogen-bond acceptors (Lipinski definition) is 5. The van der Waals surface area contributed by atoms with Crippen molar-refractivity contribution in [2.75, 3.05) is 44.7 Å². The Labute approximate surface area is 190 Å². The van der Waals surface area contributed by atoms with Gasteiger partial charge in [-0.1, -0.05) is 0 Å². The summed E-state index contributed by atoms with van der Waals surface area (Å²) in [4.78, 5) is 23.4. The van der Waals surface area contributed by atoms with Gasteiger partial charge in [-0.2, -0.15) is 5.10 Å². The predicted molar refractivity (Wildman–Crippen MR) is 122 cm³/mol. The van der Waals surface area contributed by atoms with Crippen LogP contribution in [0.2, 0.25) is 0 Å². The maximum absolute atomic E-state index is 14.5. The standard InChI is InChI=1S/C24H26F2N6O/c1-29-11-13-30(14-12-29)23(33)7-4-17-16-27-32-10-8-22(28-24(17)32)31-9-2-3-21(31)19-15-18(25)5-6-20(19)26/h4-8,10,15-16,21H,2-3,9,11-14H2,1H3. The molecule has 3 aromatic rings. The van der Waals surface area contributed by atoms with E-state index >= 15 is 0 Å². The van der Waals surface area contributed by atoms with Crippen LogP contribution < -0.4 is 4.90 Å². The Morgan fingerprint density at radius 1 is 1.12 bits per heavy atom. The molecule has 1 amide bonds. The minimum Gasteiger partial charge on any atom is -0.349 e. The van der Waals surface area contributed by atoms with Crippen LogP contribution in [0.15, 0.2) is 42.7 Å². The van der Waals surface area contributed by atoms with Crippen molar-refractivity contribution in [1.82, 2.24) is 24.4 Å². The maximum atomic E-state index is 14.5. The van der Waals surface area contributed by atoms with E-state index in [-0.39, 0.29) is 11.9 Å². The van der Waals surface area contributed by atoms with E-state index in [2.05, 4.69) is 10.00 Å². The van der Waals surface area contributed by atoms with Crippen molar-refractivity contribution in [2.24, 2.45) is 0 Å². The van der Waals surface area contributed by atoms with Gasteiger partial charge < -0.3 is 14.7 Å². The fourth-order valence-electron chi connectivity index (χ4n) is 4.58. The third-order valence-electron chi connectivity index (χ3n) is 6.47. The molecular formula is C24H26F2N6O. The van der Waals surface area contributed by atoms with Gasteiger partial charge in [-0.15, -0.1) is 0 Å². The van der Waals surface area contributed by atoms with Crippen LogP contribution in [-0.4, -0.2) is 70.1 Å². The van der Waals surface area contributed by atoms with Gasteiger partial charge in [-0.3, -0.25) is 4.79 Å². The highest BCUT2D eigenvalue weighted by molar-refractivity contribution is 5.92. The van der Waals surface area contributed by atoms with E-state index in [9.17, 15) is 13.6 Å². The van der Waals surface area contributed by atoms with Crippen LogP contribution in [0, 0.1) is 11.6 Å². The molecule has 2 aliphatic heterocycles. The largest absolute Gasteiger partial charge is 0.349 e. The highest BCUT2D eigenvalue weighted by Crippen LogP contribution is 2.36. The Morgan fingerprint density at radius 2 is 1.94 bits per heavy atom. The fourth-order valence-corrected chi connectivity index (χ4v) is 4.58. The molecule has 2 saturated heterocycles. The lowest BCUT2D eigenvalue weighted by Crippen LogP contribution is -2.46. The van der Waals surface area contributed by atoms with E-state index in [1.165, 1.54) is 12.1 Å². The van der Waals surface area contributed by atoms with E-state index in [0.29, 0.717) is 36.7 Å². The number of likely N-dealkylation sites (N-methyl/N-ethyl adjacent to an activating group) is 1. The first-order chi connectivity index (χ1) is 16.0. The first-order valence-corrected chi connectivity index (χ1v) is 11.2. The summed E-state index contributed by atoms with van der Waals surface area (Å²) in [6.07, 6.45) is 8.37. The first kappa shape index (κ1) is 21.5. The van der Waals surface area contributed by atoms with Crippen LogP contribution in [0.5, 0.6) is 0 Å². The second-order valence-corrected chi connectivity index (χ2v) is 8.63. The number of amides is 1. The Kier molecular flexibility index (Phi) is 5.80. The van der Waals surface area contributed by atoms with Gasteiger partial charge in [0.1, 0.15) is 17.5 Å². The van der Waals surface area contributed by atoms with Crippen LogP contribution >= 0.6 is 0 Å². The molecule has 0 aliphatic carbocycles. The predicted octanol–water partition coefficient (Wildman–Crippen LogP) is 3.14. The topological polar surface area (TPSA) is 57.0 Å². The summed E-state index contributed by atoms with van der Waals surface area (Å²) in [6.45, 7) is 3.85. The average molecular weight is 453 g/mol. The van der Waals surface area contributed by atoms with Crippen LogP contribution in [-0.2, 0) is 4.79 Å². The summed E-state index contributed by atoms with van der Waals surface area (Å²) in [5, 5.41) is 4.33. The minimum absolute atomic E-state index is 0.0280. The normalized spacial score (nSPS) is 19.8. The zero-order valence-electron chi connectivity index (χ0n) is 18.5. The molecule has 2 fully saturated rings. The SMILES string of the molecule is CN1CCN(C(=O)C=Cc2cnn3ccc(N4CCCC4c4cc(F)ccc4F)nc23)CC1. The number of piperazine rings is 1. The highest BCUT2D eigenvalue weighted by Gasteiger charge is 2.30. The number of fused-ring (bicyclic) bond motifs is 1. The lowest BCUT2D eigenvalue weighted by atomic mass is 10.0. The molecule has 1 aromatic carbocycles. The van der Waals surface area contributed by atoms with Crippen LogP contribution in [0.1, 0.15) is 30.0 Å². The molecule has 2 aliphatic rings. The highest BCUT2D eigenvalue weighted by atomic mass is 19.1. The summed E-state index contributed by atoms with van der Waals surface area (Å²) < 4.78 is 29.9. The summed E-state index contributed by atoms with van der Waals surface area (Å²) in [5.74, 6) is -0.214. The lowest BCUT2D eigenvalue weighted by molar-refractivity contribution is -0.127. The molecule has 0 saturated carbocycles. The summed E-state index contributed by atoms with van der Waals surface area (Å²) in [5.41, 5.74) is 1.69. The van der Waals surface area contributed by atoms with Crippen molar-refractivity contribution in [3.05, 3.63) is 65.5 Å². The third-order valence-corrected chi connectivity index (χ3v) is 6.47. The van der Waals surface area contributed by atoms with E-state index in [4.69, 9.17) is 4.98 Å². The fraction of sp³-hybridized carbons (Fsp3) is 0.375. The average Bonchev–Trinajstić information content (AvgIpc) is 3.46. The van der Waals surface area contributed by atoms with Gasteiger partial charge in [0.15, 0.2) is 5.65 Å². The minimum atomic E-state index is -0.449. The molecule has 1 unspecified atom stereocenters. The van der Waals surface area contributed by atoms with Crippen molar-refractivity contribution in [2.45, 2.75) is 18.9 Å². The number of carbonyl (C=O) groups excluding carboxylic acids is 1. The van der Waals surface area contributed by atoms with Crippen molar-refractivity contribution < 1.29 is 13.6 Å². The van der Waals surface area contributed by atoms with E-state index in [1.807, 2.05) is 22.9 Å². The Hall–Kier alpha value is -3.33. The molecule has 9 heteroatoms. The van der Waals surface area contributed by atoms with Gasteiger partial charge >= 0.3 is 0 Å². The maximum Gasteiger partial charge on any atom is 0.246 e. The van der Waals surface area contributed by atoms with Gasteiger partial charge in [-0.05, 0) is 50.2 Å². The summed E-state index contributed by atoms with van der Waals surface area (Å²) in [6, 6.07) is 5.13. The second kappa shape index (κ2) is 8.90. The molecule has 1 atom stereocenters. The molecule has 172 valence electrons. The zero-order chi connectivity index (χ0) is 22.9. The number of benzene rings is 1. The quantitative estimate of drug-likeness (QED) is 0.570. The van der Waals surface area contributed by atoms with Crippen molar-refractivity contribution in [3.8, 4) is 0 Å². The summed E-state index contributed by atoms with van der Waals surface area (Å²) >= 11 is 0. The van der Waals surface area contributed by atoms with Crippen molar-refractivity contribution >= 4 is 23.4 Å². The molecule has 0 bridgehead atoms. The molecule has 0 N–H and O–H groups in total. The zero-order valence-corrected chi connectivity index (χ0v) is 18.5. The summed E-state index contributed by atoms with van der Waals surface area (Å²) in [7, 11) is 2.05. The third kappa shape index (κ3) is 4.32. The van der Waals surface area contributed by atoms with Crippen LogP contribution in [0.4, 0.5) is 14.6 Å². The Balaban J connectivity index is 1.40. The van der Waals surface area contributed by atoms with Crippen molar-refractivity contribution in [3.63, 3.8) is 0 Å². The van der Waals surface area contributed by atoms with Crippen molar-refractivity contribution in [1.29, 1.82) is 0 Å². The smallest absolute Gasteiger partial charge is 0.246 e. The number of nitrogens with zero attached hydrogens (tertiary/aromatic N) is 6. The lowest BCUT2D eigenvalue weighted by Gasteiger charge is -2.31. The molecule has 33 heavy (non-hydrogen) atoms. The molecule has 2 aromatic heterocycles. The molecule has 0 radical (unpaired) electrons. The number of carbonyl (C=O) groups is 1. The van der Waals surface area contributed by atoms with Gasteiger partial charge in [0.2, 0.25) is 5.91 Å². The van der Waals surface area contributed by atoms with Gasteiger partial charge in [-0.25, -0.2) is 18.3 Å². The van der Waals surface area contributed by atoms with E-state index < -0.39 is 11.6 Å². The number of aromatic nitrogens is 3. The van der Waals surface area contributed by atoms with Crippen LogP contribution in [0.25, 0.3) is 11.7 Å². The van der Waals surface area contributed by atoms with Gasteiger partial charge in [0.25, 0.3) is 0 Å². The molecular weight excluding hydrogens is 426 g/mol. The number of anilines is 1. The Morgan fingerprint density at radius 3 is 2.76 bits per heavy atom. The van der Waals surface area contributed by atoms with E-state index in [0.717, 1.165) is 37.6 Å². The number of hydrogen-bond donors (Lipinski definition) is 0. The van der Waals surface area contributed by atoms with Gasteiger partial charge in [0.05, 0.1) is 12.2 Å². The molecule has 4 heterocycles. The number of halogens is 2. The second-order valence-electron chi connectivity index (χ2n) is 8.63. The number of rotatable bonds is 4. The molecule has 5 rings (SSSR count). The van der Waals surface area contributed by atoms with Crippen LogP contribution in [0.3, 0.4) is 0 Å². The van der Waals surface area contributed by atoms with E-state index in [1.54, 1.807) is 29.1 Å². The van der Waals surface area contributed by atoms with Gasteiger partial charge in [0, 0.05) is 56.1 Å².